The largest absolute Gasteiger partial charge is 0.325 e. The average Bonchev–Trinajstić information content (AvgIpc) is 3.19. The van der Waals surface area contributed by atoms with Gasteiger partial charge >= 0.3 is 6.03 Å². The Balaban J connectivity index is 1.38. The van der Waals surface area contributed by atoms with E-state index >= 15 is 0 Å². The third kappa shape index (κ3) is 3.29. The maximum absolute atomic E-state index is 13.9. The summed E-state index contributed by atoms with van der Waals surface area (Å²) >= 11 is 1.52. The van der Waals surface area contributed by atoms with Crippen molar-refractivity contribution in [1.29, 1.82) is 0 Å². The zero-order chi connectivity index (χ0) is 18.1. The number of rotatable bonds is 4. The maximum Gasteiger partial charge on any atom is 0.325 e. The normalized spacial score (nSPS) is 16.7. The van der Waals surface area contributed by atoms with Gasteiger partial charge < -0.3 is 10.2 Å². The van der Waals surface area contributed by atoms with Crippen molar-refractivity contribution in [3.63, 3.8) is 0 Å². The molecule has 1 aliphatic heterocycles. The molecule has 0 spiro atoms. The molecular weight excluding hydrogens is 355 g/mol. The number of para-hydroxylation sites is 1. The van der Waals surface area contributed by atoms with Gasteiger partial charge in [-0.1, -0.05) is 12.1 Å². The molecule has 136 valence electrons. The molecule has 0 radical (unpaired) electrons. The van der Waals surface area contributed by atoms with Crippen LogP contribution in [0.5, 0.6) is 0 Å². The minimum atomic E-state index is -0.444. The second-order valence-corrected chi connectivity index (χ2v) is 7.53. The van der Waals surface area contributed by atoms with Crippen LogP contribution in [0.3, 0.4) is 0 Å². The number of nitrogens with one attached hydrogen (secondary N) is 1. The van der Waals surface area contributed by atoms with E-state index in [1.54, 1.807) is 18.2 Å². The Hall–Kier alpha value is -2.48. The Morgan fingerprint density at radius 2 is 2.04 bits per heavy atom. The summed E-state index contributed by atoms with van der Waals surface area (Å²) in [5.41, 5.74) is 1.33. The summed E-state index contributed by atoms with van der Waals surface area (Å²) in [7, 11) is 0. The molecule has 0 saturated carbocycles. The van der Waals surface area contributed by atoms with Gasteiger partial charge in [0.1, 0.15) is 12.4 Å². The van der Waals surface area contributed by atoms with Gasteiger partial charge in [-0.25, -0.2) is 14.2 Å². The van der Waals surface area contributed by atoms with Gasteiger partial charge in [0, 0.05) is 18.0 Å². The number of aryl methyl sites for hydroxylation is 2. The summed E-state index contributed by atoms with van der Waals surface area (Å²) < 4.78 is 13.9. The molecule has 1 aliphatic carbocycles. The van der Waals surface area contributed by atoms with E-state index in [4.69, 9.17) is 0 Å². The van der Waals surface area contributed by atoms with Crippen LogP contribution in [0.4, 0.5) is 20.0 Å². The highest BCUT2D eigenvalue weighted by Crippen LogP contribution is 2.29. The van der Waals surface area contributed by atoms with E-state index in [-0.39, 0.29) is 24.2 Å². The van der Waals surface area contributed by atoms with Crippen LogP contribution in [0.25, 0.3) is 0 Å². The highest BCUT2D eigenvalue weighted by atomic mass is 32.1. The second kappa shape index (κ2) is 7.03. The fraction of sp³-hybridized carbons (Fsp3) is 0.389. The summed E-state index contributed by atoms with van der Waals surface area (Å²) in [6.45, 7) is 0.682. The highest BCUT2D eigenvalue weighted by molar-refractivity contribution is 7.15. The molecule has 0 atom stereocenters. The zero-order valence-corrected chi connectivity index (χ0v) is 15.0. The molecule has 2 heterocycles. The first-order valence-corrected chi connectivity index (χ1v) is 9.53. The topological polar surface area (TPSA) is 65.5 Å². The van der Waals surface area contributed by atoms with E-state index in [0.29, 0.717) is 18.2 Å². The molecule has 1 aromatic carbocycles. The average molecular weight is 374 g/mol. The van der Waals surface area contributed by atoms with Crippen LogP contribution in [-0.4, -0.2) is 41.5 Å². The van der Waals surface area contributed by atoms with Gasteiger partial charge in [-0.15, -0.1) is 11.3 Å². The molecule has 2 aromatic rings. The number of anilines is 2. The minimum absolute atomic E-state index is 0.0615. The first kappa shape index (κ1) is 17.0. The lowest BCUT2D eigenvalue weighted by Gasteiger charge is -2.18. The Morgan fingerprint density at radius 3 is 2.85 bits per heavy atom. The quantitative estimate of drug-likeness (QED) is 0.895. The van der Waals surface area contributed by atoms with Gasteiger partial charge in [0.2, 0.25) is 5.91 Å². The number of nitrogens with zero attached hydrogens (tertiary/aromatic N) is 3. The van der Waals surface area contributed by atoms with E-state index in [1.165, 1.54) is 32.1 Å². The van der Waals surface area contributed by atoms with Crippen LogP contribution >= 0.6 is 11.3 Å². The molecule has 2 aliphatic rings. The number of carbonyl (C=O) groups is 2. The van der Waals surface area contributed by atoms with E-state index in [2.05, 4.69) is 10.3 Å². The van der Waals surface area contributed by atoms with Crippen LogP contribution in [0, 0.1) is 5.82 Å². The zero-order valence-electron chi connectivity index (χ0n) is 14.2. The monoisotopic (exact) mass is 374 g/mol. The molecule has 0 bridgehead atoms. The van der Waals surface area contributed by atoms with E-state index in [1.807, 2.05) is 0 Å². The molecule has 1 aromatic heterocycles. The van der Waals surface area contributed by atoms with Crippen molar-refractivity contribution in [3.05, 3.63) is 40.7 Å². The summed E-state index contributed by atoms with van der Waals surface area (Å²) in [6, 6.07) is 5.80. The number of urea groups is 1. The number of carbonyl (C=O) groups excluding carboxylic acids is 2. The molecule has 3 amide bonds. The van der Waals surface area contributed by atoms with Gasteiger partial charge in [0.25, 0.3) is 0 Å². The summed E-state index contributed by atoms with van der Waals surface area (Å²) in [5.74, 6) is -0.722. The van der Waals surface area contributed by atoms with E-state index in [0.717, 1.165) is 31.4 Å². The Morgan fingerprint density at radius 1 is 1.23 bits per heavy atom. The first-order chi connectivity index (χ1) is 12.6. The molecule has 8 heteroatoms. The third-order valence-electron chi connectivity index (χ3n) is 4.66. The SMILES string of the molecule is O=C(CN1CCN(c2ccccc2F)C1=O)Nc1nc2c(s1)CCCC2. The predicted molar refractivity (Wildman–Crippen MR) is 98.1 cm³/mol. The Kier molecular flexibility index (Phi) is 4.58. The molecule has 1 saturated heterocycles. The van der Waals surface area contributed by atoms with Crippen molar-refractivity contribution < 1.29 is 14.0 Å². The maximum atomic E-state index is 13.9. The van der Waals surface area contributed by atoms with Gasteiger partial charge in [-0.3, -0.25) is 9.69 Å². The van der Waals surface area contributed by atoms with Crippen LogP contribution in [0.15, 0.2) is 24.3 Å². The lowest BCUT2D eigenvalue weighted by atomic mass is 10.0. The standard InChI is InChI=1S/C18H19FN4O2S/c19-12-5-1-3-7-14(12)23-10-9-22(18(23)25)11-16(24)21-17-20-13-6-2-4-8-15(13)26-17/h1,3,5,7H,2,4,6,8-11H2,(H,20,21,24). The summed E-state index contributed by atoms with van der Waals surface area (Å²) in [4.78, 5) is 33.3. The number of thiazole rings is 1. The fourth-order valence-electron chi connectivity index (χ4n) is 3.36. The molecule has 26 heavy (non-hydrogen) atoms. The number of halogens is 1. The predicted octanol–water partition coefficient (Wildman–Crippen LogP) is 3.04. The van der Waals surface area contributed by atoms with Crippen molar-refractivity contribution in [2.45, 2.75) is 25.7 Å². The smallest absolute Gasteiger partial charge is 0.313 e. The van der Waals surface area contributed by atoms with Gasteiger partial charge in [0.15, 0.2) is 5.13 Å². The minimum Gasteiger partial charge on any atom is -0.313 e. The van der Waals surface area contributed by atoms with Gasteiger partial charge in [-0.2, -0.15) is 0 Å². The molecule has 6 nitrogen and oxygen atoms in total. The van der Waals surface area contributed by atoms with Gasteiger partial charge in [0.05, 0.1) is 11.4 Å². The van der Waals surface area contributed by atoms with Crippen LogP contribution in [0.1, 0.15) is 23.4 Å². The number of hydrogen-bond donors (Lipinski definition) is 1. The number of aromatic nitrogens is 1. The van der Waals surface area contributed by atoms with E-state index in [9.17, 15) is 14.0 Å². The van der Waals surface area contributed by atoms with Crippen LogP contribution < -0.4 is 10.2 Å². The van der Waals surface area contributed by atoms with Crippen molar-refractivity contribution >= 4 is 34.1 Å². The second-order valence-electron chi connectivity index (χ2n) is 6.45. The Labute approximate surface area is 154 Å². The van der Waals surface area contributed by atoms with Crippen molar-refractivity contribution in [1.82, 2.24) is 9.88 Å². The third-order valence-corrected chi connectivity index (χ3v) is 5.74. The van der Waals surface area contributed by atoms with Crippen LogP contribution in [-0.2, 0) is 17.6 Å². The first-order valence-electron chi connectivity index (χ1n) is 8.71. The summed E-state index contributed by atoms with van der Waals surface area (Å²) in [5, 5.41) is 3.39. The Bertz CT molecular complexity index is 830. The van der Waals surface area contributed by atoms with Crippen molar-refractivity contribution in [2.24, 2.45) is 0 Å². The molecule has 0 unspecified atom stereocenters. The molecule has 4 rings (SSSR count). The molecule has 1 fully saturated rings. The van der Waals surface area contributed by atoms with E-state index < -0.39 is 5.82 Å². The van der Waals surface area contributed by atoms with Gasteiger partial charge in [-0.05, 0) is 37.8 Å². The van der Waals surface area contributed by atoms with Crippen molar-refractivity contribution in [2.75, 3.05) is 29.9 Å². The number of benzene rings is 1. The lowest BCUT2D eigenvalue weighted by Crippen LogP contribution is -2.37. The number of hydrogen-bond acceptors (Lipinski definition) is 4. The van der Waals surface area contributed by atoms with Crippen LogP contribution in [0.2, 0.25) is 0 Å². The number of amides is 3. The van der Waals surface area contributed by atoms with Crippen molar-refractivity contribution in [3.8, 4) is 0 Å². The molecular formula is C18H19FN4O2S. The molecule has 1 N–H and O–H groups in total. The lowest BCUT2D eigenvalue weighted by molar-refractivity contribution is -0.116. The highest BCUT2D eigenvalue weighted by Gasteiger charge is 2.32. The summed E-state index contributed by atoms with van der Waals surface area (Å²) in [6.07, 6.45) is 4.28. The fourth-order valence-corrected chi connectivity index (χ4v) is 4.43. The number of fused-ring (bicyclic) bond motifs is 1.